The zero-order valence-corrected chi connectivity index (χ0v) is 15.9. The summed E-state index contributed by atoms with van der Waals surface area (Å²) in [6.45, 7) is 5.49. The van der Waals surface area contributed by atoms with E-state index in [2.05, 4.69) is 16.2 Å². The number of aryl methyl sites for hydroxylation is 2. The summed E-state index contributed by atoms with van der Waals surface area (Å²) in [5.41, 5.74) is 8.60. The zero-order valence-electron chi connectivity index (χ0n) is 15.9. The molecule has 28 heavy (non-hydrogen) atoms. The van der Waals surface area contributed by atoms with Crippen molar-refractivity contribution in [2.45, 2.75) is 26.8 Å². The second-order valence-electron chi connectivity index (χ2n) is 6.59. The number of carbonyl (C=O) groups excluding carboxylic acids is 2. The molecular formula is C20H22N4O4. The first kappa shape index (κ1) is 19.2. The van der Waals surface area contributed by atoms with Crippen molar-refractivity contribution in [3.05, 3.63) is 64.1 Å². The summed E-state index contributed by atoms with van der Waals surface area (Å²) in [6, 6.07) is 11.8. The number of anilines is 1. The molecule has 1 unspecified atom stereocenters. The van der Waals surface area contributed by atoms with Crippen LogP contribution in [0.2, 0.25) is 0 Å². The molecule has 0 bridgehead atoms. The van der Waals surface area contributed by atoms with E-state index >= 15 is 0 Å². The van der Waals surface area contributed by atoms with Gasteiger partial charge in [-0.05, 0) is 44.5 Å². The van der Waals surface area contributed by atoms with E-state index in [1.165, 1.54) is 4.57 Å². The van der Waals surface area contributed by atoms with Gasteiger partial charge >= 0.3 is 5.76 Å². The van der Waals surface area contributed by atoms with Crippen LogP contribution in [0.15, 0.2) is 51.7 Å². The number of para-hydroxylation sites is 2. The Hall–Kier alpha value is -3.55. The highest BCUT2D eigenvalue weighted by atomic mass is 16.4. The third-order valence-corrected chi connectivity index (χ3v) is 4.43. The molecule has 3 N–H and O–H groups in total. The van der Waals surface area contributed by atoms with Crippen molar-refractivity contribution >= 4 is 28.6 Å². The van der Waals surface area contributed by atoms with Crippen LogP contribution in [0.4, 0.5) is 5.69 Å². The third kappa shape index (κ3) is 4.06. The molecule has 2 amide bonds. The lowest BCUT2D eigenvalue weighted by Gasteiger charge is -2.14. The first-order chi connectivity index (χ1) is 13.4. The second kappa shape index (κ2) is 7.99. The summed E-state index contributed by atoms with van der Waals surface area (Å²) in [4.78, 5) is 36.4. The minimum atomic E-state index is -0.858. The van der Waals surface area contributed by atoms with Crippen molar-refractivity contribution in [3.8, 4) is 0 Å². The van der Waals surface area contributed by atoms with Crippen molar-refractivity contribution in [1.29, 1.82) is 0 Å². The fraction of sp³-hybridized carbons (Fsp3) is 0.250. The van der Waals surface area contributed by atoms with Gasteiger partial charge in [0.05, 0.1) is 12.1 Å². The molecule has 1 atom stereocenters. The molecular weight excluding hydrogens is 360 g/mol. The number of oxazole rings is 1. The van der Waals surface area contributed by atoms with E-state index in [4.69, 9.17) is 4.42 Å². The van der Waals surface area contributed by atoms with Crippen LogP contribution in [-0.4, -0.2) is 22.9 Å². The third-order valence-electron chi connectivity index (χ3n) is 4.43. The highest BCUT2D eigenvalue weighted by molar-refractivity contribution is 5.87. The zero-order chi connectivity index (χ0) is 20.3. The van der Waals surface area contributed by atoms with Crippen LogP contribution in [0, 0.1) is 13.8 Å². The molecule has 0 aliphatic carbocycles. The van der Waals surface area contributed by atoms with Gasteiger partial charge in [0, 0.05) is 5.69 Å². The molecule has 3 aromatic rings. The largest absolute Gasteiger partial charge is 0.420 e. The molecule has 8 heteroatoms. The van der Waals surface area contributed by atoms with E-state index in [9.17, 15) is 14.4 Å². The normalized spacial score (nSPS) is 11.8. The monoisotopic (exact) mass is 382 g/mol. The molecule has 0 saturated heterocycles. The highest BCUT2D eigenvalue weighted by Gasteiger charge is 2.21. The molecule has 1 heterocycles. The number of amides is 2. The Kier molecular flexibility index (Phi) is 5.49. The molecule has 8 nitrogen and oxygen atoms in total. The average Bonchev–Trinajstić information content (AvgIpc) is 3.00. The Morgan fingerprint density at radius 2 is 1.86 bits per heavy atom. The van der Waals surface area contributed by atoms with Crippen molar-refractivity contribution in [1.82, 2.24) is 15.4 Å². The van der Waals surface area contributed by atoms with Crippen molar-refractivity contribution in [2.24, 2.45) is 0 Å². The fourth-order valence-corrected chi connectivity index (χ4v) is 2.94. The molecule has 0 aliphatic heterocycles. The van der Waals surface area contributed by atoms with Gasteiger partial charge in [0.2, 0.25) is 0 Å². The maximum atomic E-state index is 12.4. The molecule has 2 aromatic carbocycles. The van der Waals surface area contributed by atoms with Crippen LogP contribution in [-0.2, 0) is 9.59 Å². The van der Waals surface area contributed by atoms with Gasteiger partial charge in [0.25, 0.3) is 11.8 Å². The lowest BCUT2D eigenvalue weighted by Crippen LogP contribution is -2.47. The van der Waals surface area contributed by atoms with Crippen molar-refractivity contribution < 1.29 is 14.0 Å². The second-order valence-corrected chi connectivity index (χ2v) is 6.59. The van der Waals surface area contributed by atoms with E-state index in [1.54, 1.807) is 31.2 Å². The number of rotatable bonds is 5. The first-order valence-electron chi connectivity index (χ1n) is 8.86. The number of fused-ring (bicyclic) bond motifs is 1. The van der Waals surface area contributed by atoms with Crippen LogP contribution in [0.25, 0.3) is 11.1 Å². The van der Waals surface area contributed by atoms with Gasteiger partial charge in [-0.1, -0.05) is 29.8 Å². The van der Waals surface area contributed by atoms with Gasteiger partial charge in [-0.25, -0.2) is 4.79 Å². The first-order valence-corrected chi connectivity index (χ1v) is 8.86. The molecule has 0 saturated carbocycles. The minimum absolute atomic E-state index is 0.00679. The van der Waals surface area contributed by atoms with Gasteiger partial charge in [-0.15, -0.1) is 0 Å². The standard InChI is InChI=1S/C20H22N4O4/c1-12-8-9-15(13(2)10-12)21-11-18(25)22-23-19(26)14(3)24-16-6-4-5-7-17(16)28-20(24)27/h4-10,14,21H,11H2,1-3H3,(H,22,25)(H,23,26). The van der Waals surface area contributed by atoms with E-state index < -0.39 is 23.6 Å². The summed E-state index contributed by atoms with van der Waals surface area (Å²) in [7, 11) is 0. The van der Waals surface area contributed by atoms with E-state index in [0.29, 0.717) is 11.1 Å². The molecule has 0 spiro atoms. The summed E-state index contributed by atoms with van der Waals surface area (Å²) >= 11 is 0. The van der Waals surface area contributed by atoms with Gasteiger partial charge in [-0.2, -0.15) is 0 Å². The van der Waals surface area contributed by atoms with Crippen LogP contribution < -0.4 is 21.9 Å². The summed E-state index contributed by atoms with van der Waals surface area (Å²) in [5, 5.41) is 3.02. The van der Waals surface area contributed by atoms with Crippen LogP contribution in [0.5, 0.6) is 0 Å². The molecule has 146 valence electrons. The van der Waals surface area contributed by atoms with E-state index in [1.807, 2.05) is 32.0 Å². The molecule has 3 rings (SSSR count). The molecule has 0 radical (unpaired) electrons. The van der Waals surface area contributed by atoms with E-state index in [0.717, 1.165) is 16.8 Å². The minimum Gasteiger partial charge on any atom is -0.408 e. The summed E-state index contributed by atoms with van der Waals surface area (Å²) in [5.74, 6) is -1.58. The lowest BCUT2D eigenvalue weighted by atomic mass is 10.1. The predicted molar refractivity (Wildman–Crippen MR) is 106 cm³/mol. The Balaban J connectivity index is 1.58. The van der Waals surface area contributed by atoms with Gasteiger partial charge in [0.15, 0.2) is 5.58 Å². The maximum Gasteiger partial charge on any atom is 0.420 e. The number of nitrogens with one attached hydrogen (secondary N) is 3. The molecule has 0 aliphatic rings. The van der Waals surface area contributed by atoms with Gasteiger partial charge in [-0.3, -0.25) is 25.0 Å². The summed E-state index contributed by atoms with van der Waals surface area (Å²) in [6.07, 6.45) is 0. The van der Waals surface area contributed by atoms with Crippen LogP contribution in [0.1, 0.15) is 24.1 Å². The van der Waals surface area contributed by atoms with E-state index in [-0.39, 0.29) is 6.54 Å². The number of aromatic nitrogens is 1. The Morgan fingerprint density at radius 1 is 1.11 bits per heavy atom. The number of nitrogens with zero attached hydrogens (tertiary/aromatic N) is 1. The Labute approximate surface area is 161 Å². The smallest absolute Gasteiger partial charge is 0.408 e. The predicted octanol–water partition coefficient (Wildman–Crippen LogP) is 2.03. The fourth-order valence-electron chi connectivity index (χ4n) is 2.94. The van der Waals surface area contributed by atoms with Crippen molar-refractivity contribution in [2.75, 3.05) is 11.9 Å². The van der Waals surface area contributed by atoms with Crippen LogP contribution >= 0.6 is 0 Å². The maximum absolute atomic E-state index is 12.4. The summed E-state index contributed by atoms with van der Waals surface area (Å²) < 4.78 is 6.37. The Morgan fingerprint density at radius 3 is 2.61 bits per heavy atom. The SMILES string of the molecule is Cc1ccc(NCC(=O)NNC(=O)C(C)n2c(=O)oc3ccccc32)c(C)c1. The van der Waals surface area contributed by atoms with Gasteiger partial charge < -0.3 is 9.73 Å². The van der Waals surface area contributed by atoms with Crippen LogP contribution in [0.3, 0.4) is 0 Å². The number of benzene rings is 2. The topological polar surface area (TPSA) is 105 Å². The molecule has 1 aromatic heterocycles. The molecule has 0 fully saturated rings. The van der Waals surface area contributed by atoms with Gasteiger partial charge in [0.1, 0.15) is 6.04 Å². The Bertz CT molecular complexity index is 1080. The quantitative estimate of drug-likeness (QED) is 0.586. The number of hydrogen-bond acceptors (Lipinski definition) is 5. The average molecular weight is 382 g/mol. The number of carbonyl (C=O) groups is 2. The van der Waals surface area contributed by atoms with Crippen molar-refractivity contribution in [3.63, 3.8) is 0 Å². The number of hydrogen-bond donors (Lipinski definition) is 3. The number of hydrazine groups is 1. The highest BCUT2D eigenvalue weighted by Crippen LogP contribution is 2.17. The lowest BCUT2D eigenvalue weighted by molar-refractivity contribution is -0.129.